The van der Waals surface area contributed by atoms with Crippen molar-refractivity contribution in [3.05, 3.63) is 34.9 Å². The van der Waals surface area contributed by atoms with Crippen molar-refractivity contribution >= 4 is 15.9 Å². The van der Waals surface area contributed by atoms with Gasteiger partial charge >= 0.3 is 0 Å². The molecule has 0 aliphatic rings. The van der Waals surface area contributed by atoms with Gasteiger partial charge in [0.2, 0.25) is 0 Å². The fourth-order valence-electron chi connectivity index (χ4n) is 1.70. The first kappa shape index (κ1) is 12.8. The molecular formula is C14H21Br. The lowest BCUT2D eigenvalue weighted by Crippen LogP contribution is -2.13. The molecule has 0 saturated heterocycles. The topological polar surface area (TPSA) is 0 Å². The summed E-state index contributed by atoms with van der Waals surface area (Å²) in [5.74, 6) is 1.48. The summed E-state index contributed by atoms with van der Waals surface area (Å²) in [6.45, 7) is 8.96. The second-order valence-corrected chi connectivity index (χ2v) is 5.43. The van der Waals surface area contributed by atoms with Crippen LogP contribution in [0.15, 0.2) is 18.2 Å². The zero-order valence-electron chi connectivity index (χ0n) is 10.2. The van der Waals surface area contributed by atoms with Gasteiger partial charge in [-0.15, -0.1) is 0 Å². The summed E-state index contributed by atoms with van der Waals surface area (Å²) < 4.78 is 0. The molecule has 0 heterocycles. The second-order valence-electron chi connectivity index (χ2n) is 4.78. The number of hydrogen-bond acceptors (Lipinski definition) is 0. The number of benzene rings is 1. The Hall–Kier alpha value is -0.300. The lowest BCUT2D eigenvalue weighted by atomic mass is 9.90. The Morgan fingerprint density at radius 3 is 2.27 bits per heavy atom. The number of halogens is 1. The van der Waals surface area contributed by atoms with E-state index in [4.69, 9.17) is 0 Å². The van der Waals surface area contributed by atoms with Gasteiger partial charge in [0.1, 0.15) is 0 Å². The zero-order chi connectivity index (χ0) is 11.4. The Balaban J connectivity index is 2.75. The van der Waals surface area contributed by atoms with E-state index in [0.717, 1.165) is 17.2 Å². The molecule has 1 unspecified atom stereocenters. The molecule has 0 bridgehead atoms. The van der Waals surface area contributed by atoms with Gasteiger partial charge in [-0.2, -0.15) is 0 Å². The average molecular weight is 269 g/mol. The highest BCUT2D eigenvalue weighted by Crippen LogP contribution is 2.20. The maximum atomic E-state index is 3.61. The molecule has 0 saturated carbocycles. The highest BCUT2D eigenvalue weighted by molar-refractivity contribution is 9.09. The number of hydrogen-bond donors (Lipinski definition) is 0. The Labute approximate surface area is 102 Å². The Morgan fingerprint density at radius 2 is 1.80 bits per heavy atom. The summed E-state index contributed by atoms with van der Waals surface area (Å²) >= 11 is 3.61. The smallest absolute Gasteiger partial charge is 0.00652 e. The molecule has 15 heavy (non-hydrogen) atoms. The van der Waals surface area contributed by atoms with Gasteiger partial charge < -0.3 is 0 Å². The van der Waals surface area contributed by atoms with Crippen LogP contribution in [0, 0.1) is 25.7 Å². The van der Waals surface area contributed by atoms with Crippen LogP contribution in [-0.4, -0.2) is 5.33 Å². The van der Waals surface area contributed by atoms with Crippen LogP contribution in [-0.2, 0) is 6.42 Å². The Kier molecular flexibility index (Phi) is 4.85. The van der Waals surface area contributed by atoms with Gasteiger partial charge in [0, 0.05) is 5.33 Å². The predicted molar refractivity (Wildman–Crippen MR) is 71.7 cm³/mol. The third-order valence-electron chi connectivity index (χ3n) is 3.21. The van der Waals surface area contributed by atoms with Gasteiger partial charge in [-0.1, -0.05) is 48.0 Å². The molecule has 84 valence electrons. The minimum Gasteiger partial charge on any atom is -0.0925 e. The van der Waals surface area contributed by atoms with Crippen LogP contribution in [0.1, 0.15) is 30.5 Å². The average Bonchev–Trinajstić information content (AvgIpc) is 2.19. The molecule has 0 aliphatic carbocycles. The van der Waals surface area contributed by atoms with Crippen LogP contribution >= 0.6 is 15.9 Å². The third-order valence-corrected chi connectivity index (χ3v) is 4.04. The molecular weight excluding hydrogens is 248 g/mol. The summed E-state index contributed by atoms with van der Waals surface area (Å²) in [6, 6.07) is 6.82. The predicted octanol–water partition coefficient (Wildman–Crippen LogP) is 4.51. The van der Waals surface area contributed by atoms with E-state index in [1.165, 1.54) is 23.1 Å². The molecule has 0 radical (unpaired) electrons. The third kappa shape index (κ3) is 3.64. The molecule has 0 N–H and O–H groups in total. The van der Waals surface area contributed by atoms with Gasteiger partial charge in [0.15, 0.2) is 0 Å². The molecule has 1 rings (SSSR count). The van der Waals surface area contributed by atoms with Crippen molar-refractivity contribution in [3.8, 4) is 0 Å². The van der Waals surface area contributed by atoms with Crippen LogP contribution in [0.4, 0.5) is 0 Å². The van der Waals surface area contributed by atoms with E-state index >= 15 is 0 Å². The van der Waals surface area contributed by atoms with E-state index < -0.39 is 0 Å². The van der Waals surface area contributed by atoms with E-state index in [-0.39, 0.29) is 0 Å². The van der Waals surface area contributed by atoms with Crippen LogP contribution in [0.2, 0.25) is 0 Å². The quantitative estimate of drug-likeness (QED) is 0.705. The van der Waals surface area contributed by atoms with Gasteiger partial charge in [0.05, 0.1) is 0 Å². The first-order chi connectivity index (χ1) is 7.04. The standard InChI is InChI=1S/C14H21Br/c1-10(2)14(9-15)8-13-6-5-11(3)12(4)7-13/h5-7,10,14H,8-9H2,1-4H3. The van der Waals surface area contributed by atoms with Crippen LogP contribution in [0.25, 0.3) is 0 Å². The van der Waals surface area contributed by atoms with E-state index in [1.54, 1.807) is 0 Å². The van der Waals surface area contributed by atoms with Crippen LogP contribution in [0.5, 0.6) is 0 Å². The fraction of sp³-hybridized carbons (Fsp3) is 0.571. The molecule has 0 amide bonds. The van der Waals surface area contributed by atoms with Crippen molar-refractivity contribution in [2.45, 2.75) is 34.1 Å². The van der Waals surface area contributed by atoms with E-state index in [9.17, 15) is 0 Å². The summed E-state index contributed by atoms with van der Waals surface area (Å²) in [7, 11) is 0. The van der Waals surface area contributed by atoms with E-state index in [2.05, 4.69) is 61.8 Å². The summed E-state index contributed by atoms with van der Waals surface area (Å²) in [4.78, 5) is 0. The highest BCUT2D eigenvalue weighted by atomic mass is 79.9. The molecule has 0 aromatic heterocycles. The van der Waals surface area contributed by atoms with Gasteiger partial charge in [-0.25, -0.2) is 0 Å². The largest absolute Gasteiger partial charge is 0.0925 e. The molecule has 1 atom stereocenters. The molecule has 0 nitrogen and oxygen atoms in total. The molecule has 1 aromatic rings. The summed E-state index contributed by atoms with van der Waals surface area (Å²) in [6.07, 6.45) is 1.18. The van der Waals surface area contributed by atoms with Gasteiger partial charge in [-0.05, 0) is 48.8 Å². The normalized spacial score (nSPS) is 13.2. The van der Waals surface area contributed by atoms with E-state index in [1.807, 2.05) is 0 Å². The Bertz CT molecular complexity index is 315. The van der Waals surface area contributed by atoms with Crippen molar-refractivity contribution in [2.24, 2.45) is 11.8 Å². The zero-order valence-corrected chi connectivity index (χ0v) is 11.8. The molecule has 1 aromatic carbocycles. The number of alkyl halides is 1. The highest BCUT2D eigenvalue weighted by Gasteiger charge is 2.12. The fourth-order valence-corrected chi connectivity index (χ4v) is 2.68. The lowest BCUT2D eigenvalue weighted by molar-refractivity contribution is 0.427. The second kappa shape index (κ2) is 5.69. The minimum atomic E-state index is 0.742. The molecule has 0 aliphatic heterocycles. The lowest BCUT2D eigenvalue weighted by Gasteiger charge is -2.18. The van der Waals surface area contributed by atoms with Crippen molar-refractivity contribution in [1.29, 1.82) is 0 Å². The molecule has 0 spiro atoms. The van der Waals surface area contributed by atoms with Crippen molar-refractivity contribution < 1.29 is 0 Å². The summed E-state index contributed by atoms with van der Waals surface area (Å²) in [5, 5.41) is 1.09. The van der Waals surface area contributed by atoms with Crippen molar-refractivity contribution in [2.75, 3.05) is 5.33 Å². The van der Waals surface area contributed by atoms with Crippen molar-refractivity contribution in [3.63, 3.8) is 0 Å². The van der Waals surface area contributed by atoms with Gasteiger partial charge in [-0.3, -0.25) is 0 Å². The van der Waals surface area contributed by atoms with E-state index in [0.29, 0.717) is 0 Å². The first-order valence-electron chi connectivity index (χ1n) is 5.66. The first-order valence-corrected chi connectivity index (χ1v) is 6.78. The van der Waals surface area contributed by atoms with Crippen molar-refractivity contribution in [1.82, 2.24) is 0 Å². The van der Waals surface area contributed by atoms with Crippen LogP contribution < -0.4 is 0 Å². The number of aryl methyl sites for hydroxylation is 2. The van der Waals surface area contributed by atoms with Gasteiger partial charge in [0.25, 0.3) is 0 Å². The maximum absolute atomic E-state index is 3.61. The molecule has 0 fully saturated rings. The SMILES string of the molecule is Cc1ccc(CC(CBr)C(C)C)cc1C. The maximum Gasteiger partial charge on any atom is 0.00652 e. The minimum absolute atomic E-state index is 0.742. The van der Waals surface area contributed by atoms with Crippen LogP contribution in [0.3, 0.4) is 0 Å². The monoisotopic (exact) mass is 268 g/mol. The Morgan fingerprint density at radius 1 is 1.13 bits per heavy atom. The summed E-state index contributed by atoms with van der Waals surface area (Å²) in [5.41, 5.74) is 4.26. The number of rotatable bonds is 4. The molecule has 1 heteroatoms.